The molecule has 4 fully saturated rings. The minimum atomic E-state index is -0.270. The summed E-state index contributed by atoms with van der Waals surface area (Å²) in [4.78, 5) is 13.9. The molecule has 0 aromatic heterocycles. The van der Waals surface area contributed by atoms with E-state index in [1.165, 1.54) is 0 Å². The van der Waals surface area contributed by atoms with Gasteiger partial charge in [0, 0.05) is 17.9 Å². The summed E-state index contributed by atoms with van der Waals surface area (Å²) in [5.74, 6) is 2.57. The highest BCUT2D eigenvalue weighted by atomic mass is 16.5. The molecule has 0 radical (unpaired) electrons. The van der Waals surface area contributed by atoms with E-state index < -0.39 is 0 Å². The highest BCUT2D eigenvalue weighted by Gasteiger charge is 2.61. The fraction of sp³-hybridized carbons (Fsp3) is 0.808. The number of hydrogen-bond acceptors (Lipinski definition) is 4. The lowest BCUT2D eigenvalue weighted by molar-refractivity contribution is -0.126. The van der Waals surface area contributed by atoms with E-state index in [0.717, 1.165) is 50.6 Å². The Kier molecular flexibility index (Phi) is 4.28. The first-order chi connectivity index (χ1) is 14.3. The van der Waals surface area contributed by atoms with Gasteiger partial charge in [0.25, 0.3) is 0 Å². The molecule has 2 heterocycles. The molecule has 2 saturated carbocycles. The number of aliphatic hydroxyl groups excluding tert-OH is 1. The average Bonchev–Trinajstić information content (AvgIpc) is 3.14. The number of aliphatic hydroxyl groups is 1. The lowest BCUT2D eigenvalue weighted by Crippen LogP contribution is -2.48. The SMILES string of the molecule is C[C@@H]1CNC2[C@@H](C)[C@]3(C=C4C(=O)[C@H]5[C@@H](C=CC6C[C@@H](O)CC[C@@]65C)[C@@H]4CC3)O[C@@H]2C1. The number of allylic oxidation sites excluding steroid dienone is 3. The van der Waals surface area contributed by atoms with Crippen molar-refractivity contribution in [1.82, 2.24) is 5.32 Å². The number of hydrogen-bond donors (Lipinski definition) is 2. The molecule has 6 aliphatic rings. The second kappa shape index (κ2) is 6.52. The van der Waals surface area contributed by atoms with Crippen molar-refractivity contribution in [3.05, 3.63) is 23.8 Å². The van der Waals surface area contributed by atoms with Crippen LogP contribution in [0.4, 0.5) is 0 Å². The van der Waals surface area contributed by atoms with Gasteiger partial charge in [0.15, 0.2) is 5.78 Å². The monoisotopic (exact) mass is 411 g/mol. The lowest BCUT2D eigenvalue weighted by atomic mass is 9.54. The van der Waals surface area contributed by atoms with Crippen LogP contribution in [0.2, 0.25) is 0 Å². The van der Waals surface area contributed by atoms with E-state index in [9.17, 15) is 9.90 Å². The fourth-order valence-corrected chi connectivity index (χ4v) is 8.35. The van der Waals surface area contributed by atoms with Gasteiger partial charge in [-0.05, 0) is 85.8 Å². The van der Waals surface area contributed by atoms with Gasteiger partial charge in [-0.3, -0.25) is 4.79 Å². The Bertz CT molecular complexity index is 819. The summed E-state index contributed by atoms with van der Waals surface area (Å²) in [6.07, 6.45) is 12.9. The van der Waals surface area contributed by atoms with Crippen molar-refractivity contribution in [3.63, 3.8) is 0 Å². The minimum absolute atomic E-state index is 0.00576. The van der Waals surface area contributed by atoms with Gasteiger partial charge in [0.05, 0.1) is 17.8 Å². The number of ketones is 1. The zero-order valence-corrected chi connectivity index (χ0v) is 18.6. The molecule has 2 unspecified atom stereocenters. The summed E-state index contributed by atoms with van der Waals surface area (Å²) in [7, 11) is 0. The van der Waals surface area contributed by atoms with Crippen molar-refractivity contribution in [2.24, 2.45) is 40.9 Å². The van der Waals surface area contributed by atoms with Gasteiger partial charge in [-0.1, -0.05) is 32.9 Å². The molecule has 4 aliphatic carbocycles. The third-order valence-electron chi connectivity index (χ3n) is 10.1. The number of nitrogens with one attached hydrogen (secondary N) is 1. The van der Waals surface area contributed by atoms with Crippen LogP contribution in [0.15, 0.2) is 23.8 Å². The van der Waals surface area contributed by atoms with Crippen LogP contribution in [0, 0.1) is 40.9 Å². The molecule has 2 aliphatic heterocycles. The van der Waals surface area contributed by atoms with Gasteiger partial charge in [0.2, 0.25) is 0 Å². The Labute approximate surface area is 180 Å². The van der Waals surface area contributed by atoms with E-state index in [0.29, 0.717) is 41.4 Å². The molecule has 30 heavy (non-hydrogen) atoms. The maximum absolute atomic E-state index is 13.9. The van der Waals surface area contributed by atoms with Crippen LogP contribution in [-0.2, 0) is 9.53 Å². The van der Waals surface area contributed by atoms with Crippen LogP contribution in [0.3, 0.4) is 0 Å². The van der Waals surface area contributed by atoms with Crippen LogP contribution in [0.1, 0.15) is 59.3 Å². The average molecular weight is 412 g/mol. The van der Waals surface area contributed by atoms with Gasteiger partial charge in [-0.2, -0.15) is 0 Å². The Hall–Kier alpha value is -0.970. The maximum atomic E-state index is 13.9. The van der Waals surface area contributed by atoms with Crippen molar-refractivity contribution in [3.8, 4) is 0 Å². The molecule has 2 saturated heterocycles. The zero-order chi connectivity index (χ0) is 20.8. The Morgan fingerprint density at radius 2 is 2.00 bits per heavy atom. The summed E-state index contributed by atoms with van der Waals surface area (Å²) >= 11 is 0. The third-order valence-corrected chi connectivity index (χ3v) is 10.1. The number of ether oxygens (including phenoxy) is 1. The van der Waals surface area contributed by atoms with E-state index in [-0.39, 0.29) is 29.1 Å². The van der Waals surface area contributed by atoms with Crippen LogP contribution >= 0.6 is 0 Å². The first-order valence-corrected chi connectivity index (χ1v) is 12.4. The number of piperidine rings is 1. The molecule has 4 heteroatoms. The Morgan fingerprint density at radius 3 is 2.83 bits per heavy atom. The number of carbonyl (C=O) groups is 1. The molecule has 1 spiro atoms. The van der Waals surface area contributed by atoms with E-state index >= 15 is 0 Å². The first-order valence-electron chi connectivity index (χ1n) is 12.4. The summed E-state index contributed by atoms with van der Waals surface area (Å²) in [5, 5.41) is 14.0. The van der Waals surface area contributed by atoms with Gasteiger partial charge in [-0.25, -0.2) is 0 Å². The molecule has 0 amide bonds. The number of fused-ring (bicyclic) bond motifs is 6. The molecular formula is C26H37NO3. The summed E-state index contributed by atoms with van der Waals surface area (Å²) in [5.41, 5.74) is 0.801. The molecule has 164 valence electrons. The summed E-state index contributed by atoms with van der Waals surface area (Å²) < 4.78 is 6.79. The molecule has 4 nitrogen and oxygen atoms in total. The summed E-state index contributed by atoms with van der Waals surface area (Å²) in [6, 6.07) is 0.412. The number of Topliss-reactive ketones (excluding diaryl/α,β-unsaturated/α-hetero) is 1. The lowest BCUT2D eigenvalue weighted by Gasteiger charge is -2.49. The fourth-order valence-electron chi connectivity index (χ4n) is 8.35. The molecular weight excluding hydrogens is 374 g/mol. The van der Waals surface area contributed by atoms with Crippen molar-refractivity contribution in [2.45, 2.75) is 83.1 Å². The van der Waals surface area contributed by atoms with Crippen LogP contribution in [0.5, 0.6) is 0 Å². The number of rotatable bonds is 0. The quantitative estimate of drug-likeness (QED) is 0.598. The largest absolute Gasteiger partial charge is 0.393 e. The van der Waals surface area contributed by atoms with E-state index in [2.05, 4.69) is 44.3 Å². The first kappa shape index (κ1) is 19.7. The molecule has 0 bridgehead atoms. The smallest absolute Gasteiger partial charge is 0.163 e. The minimum Gasteiger partial charge on any atom is -0.393 e. The summed E-state index contributed by atoms with van der Waals surface area (Å²) in [6.45, 7) is 8.03. The normalized spacial score (nSPS) is 56.9. The second-order valence-corrected chi connectivity index (χ2v) is 11.8. The molecule has 0 aromatic rings. The van der Waals surface area contributed by atoms with Crippen LogP contribution in [0.25, 0.3) is 0 Å². The van der Waals surface area contributed by atoms with Crippen molar-refractivity contribution in [1.29, 1.82) is 0 Å². The highest BCUT2D eigenvalue weighted by Crippen LogP contribution is 2.62. The molecule has 11 atom stereocenters. The topological polar surface area (TPSA) is 58.6 Å². The van der Waals surface area contributed by atoms with E-state index in [1.54, 1.807) is 0 Å². The van der Waals surface area contributed by atoms with Gasteiger partial charge < -0.3 is 15.2 Å². The van der Waals surface area contributed by atoms with Gasteiger partial charge in [-0.15, -0.1) is 0 Å². The molecule has 2 N–H and O–H groups in total. The van der Waals surface area contributed by atoms with Crippen LogP contribution < -0.4 is 5.32 Å². The van der Waals surface area contributed by atoms with Gasteiger partial charge in [0.1, 0.15) is 0 Å². The van der Waals surface area contributed by atoms with Gasteiger partial charge >= 0.3 is 0 Å². The second-order valence-electron chi connectivity index (χ2n) is 11.8. The Morgan fingerprint density at radius 1 is 1.17 bits per heavy atom. The maximum Gasteiger partial charge on any atom is 0.163 e. The predicted octanol–water partition coefficient (Wildman–Crippen LogP) is 3.65. The number of carbonyl (C=O) groups excluding carboxylic acids is 1. The van der Waals surface area contributed by atoms with Crippen molar-refractivity contribution < 1.29 is 14.6 Å². The zero-order valence-electron chi connectivity index (χ0n) is 18.6. The van der Waals surface area contributed by atoms with E-state index in [1.807, 2.05) is 0 Å². The standard InChI is InChI=1S/C26H37NO3/c1-14-10-21-23(27-13-14)15(2)26(30-21)9-7-18-19-5-4-16-11-17(28)6-8-25(16,3)22(19)24(29)20(18)12-26/h4-5,12,14-19,21-23,27-28H,6-11,13H2,1-3H3/t14-,15+,16?,17-,18-,19-,21+,22+,23?,25-,26-/m0/s1. The van der Waals surface area contributed by atoms with Crippen molar-refractivity contribution >= 4 is 5.78 Å². The molecule has 6 rings (SSSR count). The third kappa shape index (κ3) is 2.53. The predicted molar refractivity (Wildman–Crippen MR) is 116 cm³/mol. The van der Waals surface area contributed by atoms with E-state index in [4.69, 9.17) is 4.74 Å². The Balaban J connectivity index is 1.35. The van der Waals surface area contributed by atoms with Crippen molar-refractivity contribution in [2.75, 3.05) is 6.54 Å². The van der Waals surface area contributed by atoms with Crippen LogP contribution in [-0.4, -0.2) is 41.3 Å². The molecule has 0 aromatic carbocycles. The highest BCUT2D eigenvalue weighted by molar-refractivity contribution is 6.02.